The number of hydrogen-bond acceptors (Lipinski definition) is 3. The highest BCUT2D eigenvalue weighted by molar-refractivity contribution is 5.99. The Bertz CT molecular complexity index is 1230. The van der Waals surface area contributed by atoms with Crippen molar-refractivity contribution in [3.63, 3.8) is 0 Å². The summed E-state index contributed by atoms with van der Waals surface area (Å²) in [6, 6.07) is 23.1. The zero-order chi connectivity index (χ0) is 25.9. The van der Waals surface area contributed by atoms with E-state index in [-0.39, 0.29) is 29.2 Å². The van der Waals surface area contributed by atoms with Crippen molar-refractivity contribution in [3.05, 3.63) is 95.1 Å². The molecule has 0 unspecified atom stereocenters. The van der Waals surface area contributed by atoms with Gasteiger partial charge in [-0.2, -0.15) is 0 Å². The van der Waals surface area contributed by atoms with E-state index >= 15 is 0 Å². The van der Waals surface area contributed by atoms with Gasteiger partial charge in [0.2, 0.25) is 5.91 Å². The van der Waals surface area contributed by atoms with Crippen LogP contribution in [0.5, 0.6) is 5.75 Å². The maximum atomic E-state index is 13.9. The van der Waals surface area contributed by atoms with E-state index < -0.39 is 0 Å². The van der Waals surface area contributed by atoms with Gasteiger partial charge in [-0.1, -0.05) is 69.3 Å². The molecular formula is C31H36N2O3. The second kappa shape index (κ2) is 10.6. The number of amides is 2. The molecule has 1 saturated heterocycles. The Labute approximate surface area is 214 Å². The van der Waals surface area contributed by atoms with Crippen LogP contribution in [0.2, 0.25) is 0 Å². The van der Waals surface area contributed by atoms with Gasteiger partial charge in [-0.3, -0.25) is 9.59 Å². The van der Waals surface area contributed by atoms with Crippen LogP contribution in [-0.4, -0.2) is 30.4 Å². The van der Waals surface area contributed by atoms with E-state index in [9.17, 15) is 9.59 Å². The van der Waals surface area contributed by atoms with E-state index in [0.717, 1.165) is 28.8 Å². The number of benzene rings is 3. The van der Waals surface area contributed by atoms with E-state index in [2.05, 4.69) is 32.2 Å². The normalized spacial score (nSPS) is 18.0. The summed E-state index contributed by atoms with van der Waals surface area (Å²) >= 11 is 0. The Hall–Kier alpha value is -3.60. The fourth-order valence-electron chi connectivity index (χ4n) is 4.99. The van der Waals surface area contributed by atoms with Gasteiger partial charge in [0.05, 0.1) is 24.6 Å². The first-order chi connectivity index (χ1) is 17.2. The highest BCUT2D eigenvalue weighted by Crippen LogP contribution is 2.39. The molecule has 2 atom stereocenters. The molecule has 5 nitrogen and oxygen atoms in total. The summed E-state index contributed by atoms with van der Waals surface area (Å²) < 4.78 is 5.54. The number of rotatable bonds is 5. The number of nitrogens with one attached hydrogen (secondary N) is 1. The maximum absolute atomic E-state index is 13.9. The fourth-order valence-corrected chi connectivity index (χ4v) is 4.99. The van der Waals surface area contributed by atoms with Gasteiger partial charge in [-0.25, -0.2) is 0 Å². The zero-order valence-electron chi connectivity index (χ0n) is 21.9. The summed E-state index contributed by atoms with van der Waals surface area (Å²) in [6.45, 7) is 9.02. The number of aryl methyl sites for hydroxylation is 1. The molecule has 1 aliphatic rings. The van der Waals surface area contributed by atoms with Gasteiger partial charge in [0.1, 0.15) is 5.75 Å². The van der Waals surface area contributed by atoms with Crippen molar-refractivity contribution < 1.29 is 14.3 Å². The lowest BCUT2D eigenvalue weighted by atomic mass is 9.83. The third-order valence-corrected chi connectivity index (χ3v) is 6.95. The van der Waals surface area contributed by atoms with Crippen LogP contribution in [0.3, 0.4) is 0 Å². The Morgan fingerprint density at radius 1 is 0.972 bits per heavy atom. The number of piperidine rings is 1. The molecule has 0 saturated carbocycles. The van der Waals surface area contributed by atoms with E-state index in [4.69, 9.17) is 4.74 Å². The number of carbonyl (C=O) groups excluding carboxylic acids is 2. The van der Waals surface area contributed by atoms with Crippen molar-refractivity contribution in [1.82, 2.24) is 4.90 Å². The highest BCUT2D eigenvalue weighted by atomic mass is 16.5. The molecule has 0 aromatic heterocycles. The third-order valence-electron chi connectivity index (χ3n) is 6.95. The van der Waals surface area contributed by atoms with E-state index in [0.29, 0.717) is 24.3 Å². The molecule has 1 aliphatic heterocycles. The molecule has 0 radical (unpaired) electrons. The second-order valence-electron chi connectivity index (χ2n) is 10.6. The molecular weight excluding hydrogens is 448 g/mol. The minimum atomic E-state index is -0.375. The van der Waals surface area contributed by atoms with Crippen LogP contribution < -0.4 is 10.1 Å². The predicted molar refractivity (Wildman–Crippen MR) is 144 cm³/mol. The summed E-state index contributed by atoms with van der Waals surface area (Å²) in [5.74, 6) is -0.00608. The first kappa shape index (κ1) is 25.5. The first-order valence-electron chi connectivity index (χ1n) is 12.6. The molecule has 3 aromatic rings. The van der Waals surface area contributed by atoms with Gasteiger partial charge >= 0.3 is 0 Å². The molecule has 188 valence electrons. The van der Waals surface area contributed by atoms with Crippen LogP contribution in [0, 0.1) is 12.8 Å². The van der Waals surface area contributed by atoms with Crippen molar-refractivity contribution in [3.8, 4) is 5.75 Å². The number of nitrogens with zero attached hydrogens (tertiary/aromatic N) is 1. The first-order valence-corrected chi connectivity index (χ1v) is 12.6. The number of likely N-dealkylation sites (tertiary alicyclic amines) is 1. The number of ether oxygens (including phenoxy) is 1. The smallest absolute Gasteiger partial charge is 0.258 e. The summed E-state index contributed by atoms with van der Waals surface area (Å²) in [5, 5.41) is 3.15. The molecule has 0 aliphatic carbocycles. The van der Waals surface area contributed by atoms with Gasteiger partial charge in [0.15, 0.2) is 0 Å². The summed E-state index contributed by atoms with van der Waals surface area (Å²) in [5.41, 5.74) is 4.42. The maximum Gasteiger partial charge on any atom is 0.258 e. The Morgan fingerprint density at radius 2 is 1.72 bits per heavy atom. The predicted octanol–water partition coefficient (Wildman–Crippen LogP) is 6.53. The second-order valence-corrected chi connectivity index (χ2v) is 10.6. The lowest BCUT2D eigenvalue weighted by molar-refractivity contribution is -0.123. The molecule has 1 fully saturated rings. The van der Waals surface area contributed by atoms with Gasteiger partial charge < -0.3 is 15.0 Å². The Balaban J connectivity index is 1.68. The van der Waals surface area contributed by atoms with Crippen LogP contribution >= 0.6 is 0 Å². The molecule has 1 heterocycles. The molecule has 4 rings (SSSR count). The summed E-state index contributed by atoms with van der Waals surface area (Å²) in [6.07, 6.45) is 1.46. The molecule has 1 N–H and O–H groups in total. The highest BCUT2D eigenvalue weighted by Gasteiger charge is 2.40. The quantitative estimate of drug-likeness (QED) is 0.448. The number of methoxy groups -OCH3 is 1. The topological polar surface area (TPSA) is 58.6 Å². The lowest BCUT2D eigenvalue weighted by Gasteiger charge is -2.41. The van der Waals surface area contributed by atoms with Crippen LogP contribution in [0.1, 0.15) is 66.7 Å². The van der Waals surface area contributed by atoms with Gasteiger partial charge in [-0.15, -0.1) is 0 Å². The zero-order valence-corrected chi connectivity index (χ0v) is 21.9. The van der Waals surface area contributed by atoms with Gasteiger partial charge in [0.25, 0.3) is 5.91 Å². The monoisotopic (exact) mass is 484 g/mol. The molecule has 3 aromatic carbocycles. The summed E-state index contributed by atoms with van der Waals surface area (Å²) in [4.78, 5) is 29.4. The molecule has 5 heteroatoms. The van der Waals surface area contributed by atoms with Gasteiger partial charge in [0, 0.05) is 12.2 Å². The van der Waals surface area contributed by atoms with Crippen molar-refractivity contribution in [1.29, 1.82) is 0 Å². The van der Waals surface area contributed by atoms with Crippen LogP contribution in [-0.2, 0) is 10.2 Å². The molecule has 2 amide bonds. The average Bonchev–Trinajstić information content (AvgIpc) is 2.88. The van der Waals surface area contributed by atoms with Crippen LogP contribution in [0.25, 0.3) is 0 Å². The Kier molecular flexibility index (Phi) is 7.48. The average molecular weight is 485 g/mol. The van der Waals surface area contributed by atoms with Gasteiger partial charge in [-0.05, 0) is 66.1 Å². The summed E-state index contributed by atoms with van der Waals surface area (Å²) in [7, 11) is 1.58. The SMILES string of the molecule is COc1cc(C)ccc1C(=O)N1CCC[C@H](C(=O)Nc2cccc(C(C)(C)C)c2)[C@@H]1c1ccccc1. The third kappa shape index (κ3) is 5.46. The van der Waals surface area contributed by atoms with E-state index in [1.807, 2.05) is 78.6 Å². The minimum Gasteiger partial charge on any atom is -0.496 e. The lowest BCUT2D eigenvalue weighted by Crippen LogP contribution is -2.46. The number of carbonyl (C=O) groups is 2. The number of anilines is 1. The van der Waals surface area contributed by atoms with Crippen LogP contribution in [0.4, 0.5) is 5.69 Å². The van der Waals surface area contributed by atoms with E-state index in [1.165, 1.54) is 0 Å². The van der Waals surface area contributed by atoms with E-state index in [1.54, 1.807) is 7.11 Å². The molecule has 0 spiro atoms. The molecule has 36 heavy (non-hydrogen) atoms. The largest absolute Gasteiger partial charge is 0.496 e. The number of hydrogen-bond donors (Lipinski definition) is 1. The standard InChI is InChI=1S/C31H36N2O3/c1-21-16-17-25(27(19-21)36-5)30(35)33-18-10-15-26(28(33)22-11-7-6-8-12-22)29(34)32-24-14-9-13-23(20-24)31(2,3)4/h6-9,11-14,16-17,19-20,26,28H,10,15,18H2,1-5H3,(H,32,34)/t26-,28-/m0/s1. The van der Waals surface area contributed by atoms with Crippen molar-refractivity contribution in [2.75, 3.05) is 19.0 Å². The van der Waals surface area contributed by atoms with Crippen molar-refractivity contribution in [2.24, 2.45) is 5.92 Å². The molecule has 0 bridgehead atoms. The Morgan fingerprint density at radius 3 is 2.42 bits per heavy atom. The van der Waals surface area contributed by atoms with Crippen molar-refractivity contribution >= 4 is 17.5 Å². The van der Waals surface area contributed by atoms with Crippen LogP contribution in [0.15, 0.2) is 72.8 Å². The fraction of sp³-hybridized carbons (Fsp3) is 0.355. The minimum absolute atomic E-state index is 0.0194. The van der Waals surface area contributed by atoms with Crippen molar-refractivity contribution in [2.45, 2.75) is 52.0 Å².